The molecule has 1 saturated carbocycles. The highest BCUT2D eigenvalue weighted by molar-refractivity contribution is 5.73. The lowest BCUT2D eigenvalue weighted by atomic mass is 9.97. The molecule has 0 spiro atoms. The Bertz CT molecular complexity index is 303. The van der Waals surface area contributed by atoms with Crippen LogP contribution in [0, 0.1) is 11.8 Å². The average Bonchev–Trinajstić information content (AvgIpc) is 2.76. The molecule has 1 aliphatic carbocycles. The Morgan fingerprint density at radius 1 is 1.31 bits per heavy atom. The molecule has 3 N–H and O–H groups in total. The van der Waals surface area contributed by atoms with E-state index in [1.54, 1.807) is 0 Å². The maximum Gasteiger partial charge on any atom is 0.490 e. The van der Waals surface area contributed by atoms with Crippen molar-refractivity contribution >= 4 is 5.97 Å². The number of alkyl halides is 3. The van der Waals surface area contributed by atoms with Gasteiger partial charge in [-0.3, -0.25) is 0 Å². The molecule has 0 radical (unpaired) electrons. The van der Waals surface area contributed by atoms with Gasteiger partial charge in [-0.1, -0.05) is 0 Å². The largest absolute Gasteiger partial charge is 0.490 e. The van der Waals surface area contributed by atoms with E-state index in [9.17, 15) is 13.2 Å². The van der Waals surface area contributed by atoms with Gasteiger partial charge in [0.15, 0.2) is 0 Å². The number of hydrogen-bond acceptors (Lipinski definition) is 3. The first-order valence-electron chi connectivity index (χ1n) is 5.02. The second-order valence-electron chi connectivity index (χ2n) is 4.41. The Morgan fingerprint density at radius 2 is 1.88 bits per heavy atom. The zero-order valence-corrected chi connectivity index (χ0v) is 8.28. The molecule has 0 aromatic rings. The van der Waals surface area contributed by atoms with Crippen LogP contribution in [0.1, 0.15) is 12.8 Å². The Labute approximate surface area is 89.6 Å². The molecule has 2 heterocycles. The third kappa shape index (κ3) is 2.01. The lowest BCUT2D eigenvalue weighted by Crippen LogP contribution is -2.32. The highest BCUT2D eigenvalue weighted by Crippen LogP contribution is 2.58. The molecular formula is C9H12F3NO3. The Morgan fingerprint density at radius 3 is 2.19 bits per heavy atom. The van der Waals surface area contributed by atoms with E-state index in [1.807, 2.05) is 0 Å². The molecule has 7 heteroatoms. The van der Waals surface area contributed by atoms with Crippen LogP contribution in [0.15, 0.2) is 0 Å². The number of aliphatic carboxylic acids is 1. The van der Waals surface area contributed by atoms with Gasteiger partial charge in [0.05, 0.1) is 12.2 Å². The van der Waals surface area contributed by atoms with Gasteiger partial charge < -0.3 is 15.6 Å². The van der Waals surface area contributed by atoms with Gasteiger partial charge in [-0.15, -0.1) is 0 Å². The molecular weight excluding hydrogens is 227 g/mol. The number of hydrogen-bond donors (Lipinski definition) is 2. The third-order valence-electron chi connectivity index (χ3n) is 3.29. The maximum atomic E-state index is 10.6. The summed E-state index contributed by atoms with van der Waals surface area (Å²) < 4.78 is 37.4. The summed E-state index contributed by atoms with van der Waals surface area (Å²) in [5.74, 6) is -0.957. The summed E-state index contributed by atoms with van der Waals surface area (Å²) in [5.41, 5.74) is 5.81. The topological polar surface area (TPSA) is 72.5 Å². The first-order valence-corrected chi connectivity index (χ1v) is 5.02. The van der Waals surface area contributed by atoms with E-state index >= 15 is 0 Å². The van der Waals surface area contributed by atoms with Gasteiger partial charge in [0.1, 0.15) is 0 Å². The van der Waals surface area contributed by atoms with Crippen molar-refractivity contribution in [3.8, 4) is 0 Å². The number of halogens is 3. The van der Waals surface area contributed by atoms with Gasteiger partial charge in [-0.05, 0) is 24.7 Å². The summed E-state index contributed by atoms with van der Waals surface area (Å²) in [7, 11) is 0. The van der Waals surface area contributed by atoms with E-state index in [2.05, 4.69) is 0 Å². The van der Waals surface area contributed by atoms with Crippen molar-refractivity contribution in [3.63, 3.8) is 0 Å². The standard InChI is InChI=1S/C7H11NO.C2HF3O2/c8-5-2-6-3-1-4(3)7(5)9-6;3-2(4,5)1(6)7/h3-7H,1-2,8H2;(H,6,7)/t3-,4+,5-,6+,7+;/m1./s1. The number of ether oxygens (including phenoxy) is 1. The van der Waals surface area contributed by atoms with E-state index in [0.29, 0.717) is 18.2 Å². The van der Waals surface area contributed by atoms with Crippen molar-refractivity contribution in [2.75, 3.05) is 0 Å². The van der Waals surface area contributed by atoms with Gasteiger partial charge >= 0.3 is 12.1 Å². The van der Waals surface area contributed by atoms with E-state index in [1.165, 1.54) is 6.42 Å². The van der Waals surface area contributed by atoms with Crippen molar-refractivity contribution in [2.45, 2.75) is 37.3 Å². The lowest BCUT2D eigenvalue weighted by molar-refractivity contribution is -0.192. The first-order chi connectivity index (χ1) is 7.30. The number of carboxylic acids is 1. The van der Waals surface area contributed by atoms with Crippen molar-refractivity contribution in [1.29, 1.82) is 0 Å². The van der Waals surface area contributed by atoms with Gasteiger partial charge in [0, 0.05) is 6.04 Å². The summed E-state index contributed by atoms with van der Waals surface area (Å²) in [6, 6.07) is 0.374. The van der Waals surface area contributed by atoms with Gasteiger partial charge in [-0.2, -0.15) is 13.2 Å². The molecule has 0 aromatic heterocycles. The molecule has 3 rings (SSSR count). The fraction of sp³-hybridized carbons (Fsp3) is 0.889. The van der Waals surface area contributed by atoms with Crippen LogP contribution in [-0.2, 0) is 9.53 Å². The van der Waals surface area contributed by atoms with Crippen molar-refractivity contribution < 1.29 is 27.8 Å². The lowest BCUT2D eigenvalue weighted by Gasteiger charge is -2.11. The fourth-order valence-corrected chi connectivity index (χ4v) is 2.50. The molecule has 5 atom stereocenters. The predicted octanol–water partition coefficient (Wildman–Crippen LogP) is 0.754. The number of rotatable bonds is 0. The van der Waals surface area contributed by atoms with Gasteiger partial charge in [-0.25, -0.2) is 4.79 Å². The van der Waals surface area contributed by atoms with Crippen molar-refractivity contribution in [2.24, 2.45) is 17.6 Å². The van der Waals surface area contributed by atoms with Crippen LogP contribution in [-0.4, -0.2) is 35.5 Å². The van der Waals surface area contributed by atoms with Crippen LogP contribution in [0.5, 0.6) is 0 Å². The van der Waals surface area contributed by atoms with Crippen LogP contribution in [0.25, 0.3) is 0 Å². The number of nitrogens with two attached hydrogens (primary N) is 1. The number of carboxylic acid groups (broad SMARTS) is 1. The smallest absolute Gasteiger partial charge is 0.475 e. The minimum Gasteiger partial charge on any atom is -0.475 e. The third-order valence-corrected chi connectivity index (χ3v) is 3.29. The quantitative estimate of drug-likeness (QED) is 0.654. The zero-order chi connectivity index (χ0) is 12.1. The van der Waals surface area contributed by atoms with Crippen LogP contribution in [0.3, 0.4) is 0 Å². The Hall–Kier alpha value is -0.820. The van der Waals surface area contributed by atoms with E-state index < -0.39 is 12.1 Å². The average molecular weight is 239 g/mol. The predicted molar refractivity (Wildman–Crippen MR) is 46.5 cm³/mol. The molecule has 2 bridgehead atoms. The van der Waals surface area contributed by atoms with Crippen LogP contribution < -0.4 is 5.73 Å². The molecule has 3 aliphatic rings. The molecule has 3 fully saturated rings. The normalized spacial score (nSPS) is 43.4. The monoisotopic (exact) mass is 239 g/mol. The van der Waals surface area contributed by atoms with Crippen LogP contribution >= 0.6 is 0 Å². The van der Waals surface area contributed by atoms with Crippen molar-refractivity contribution in [3.05, 3.63) is 0 Å². The second kappa shape index (κ2) is 3.59. The highest BCUT2D eigenvalue weighted by Gasteiger charge is 2.61. The summed E-state index contributed by atoms with van der Waals surface area (Å²) in [5, 5.41) is 7.12. The molecule has 16 heavy (non-hydrogen) atoms. The van der Waals surface area contributed by atoms with Crippen molar-refractivity contribution in [1.82, 2.24) is 0 Å². The number of fused-ring (bicyclic) bond motifs is 5. The molecule has 0 amide bonds. The summed E-state index contributed by atoms with van der Waals surface area (Å²) >= 11 is 0. The van der Waals surface area contributed by atoms with E-state index in [4.69, 9.17) is 20.4 Å². The summed E-state index contributed by atoms with van der Waals surface area (Å²) in [6.45, 7) is 0. The maximum absolute atomic E-state index is 10.6. The fourth-order valence-electron chi connectivity index (χ4n) is 2.50. The molecule has 2 aliphatic heterocycles. The molecule has 2 saturated heterocycles. The van der Waals surface area contributed by atoms with Gasteiger partial charge in [0.25, 0.3) is 0 Å². The molecule has 0 unspecified atom stereocenters. The molecule has 4 nitrogen and oxygen atoms in total. The number of carbonyl (C=O) groups is 1. The molecule has 0 aromatic carbocycles. The SMILES string of the molecule is N[C@@H]1C[C@@H]2O[C@H]1[C@H]1C[C@H]12.O=C(O)C(F)(F)F. The second-order valence-corrected chi connectivity index (χ2v) is 4.41. The zero-order valence-electron chi connectivity index (χ0n) is 8.28. The minimum atomic E-state index is -5.08. The van der Waals surface area contributed by atoms with Crippen LogP contribution in [0.2, 0.25) is 0 Å². The Balaban J connectivity index is 0.000000127. The summed E-state index contributed by atoms with van der Waals surface area (Å²) in [4.78, 5) is 8.90. The first kappa shape index (κ1) is 11.7. The van der Waals surface area contributed by atoms with Gasteiger partial charge in [0.2, 0.25) is 0 Å². The van der Waals surface area contributed by atoms with E-state index in [-0.39, 0.29) is 0 Å². The Kier molecular flexibility index (Phi) is 2.62. The highest BCUT2D eigenvalue weighted by atomic mass is 19.4. The van der Waals surface area contributed by atoms with Crippen LogP contribution in [0.4, 0.5) is 13.2 Å². The summed E-state index contributed by atoms with van der Waals surface area (Å²) in [6.07, 6.45) is -1.52. The van der Waals surface area contributed by atoms with E-state index in [0.717, 1.165) is 18.3 Å². The minimum absolute atomic E-state index is 0.374. The molecule has 92 valence electrons.